The fourth-order valence-corrected chi connectivity index (χ4v) is 4.39. The van der Waals surface area contributed by atoms with Crippen molar-refractivity contribution in [2.45, 2.75) is 77.8 Å². The van der Waals surface area contributed by atoms with E-state index in [4.69, 9.17) is 18.6 Å². The fourth-order valence-electron chi connectivity index (χ4n) is 3.44. The van der Waals surface area contributed by atoms with Crippen molar-refractivity contribution in [3.8, 4) is 0 Å². The SMILES string of the molecule is CC1(C)OB(c2ccc(B3OC(C)(C)C(C)(C)O3)c3sccc23)OC1(C)C. The Balaban J connectivity index is 1.73. The molecule has 0 saturated carbocycles. The molecule has 4 rings (SSSR count). The second kappa shape index (κ2) is 5.83. The minimum absolute atomic E-state index is 0.356. The van der Waals surface area contributed by atoms with Crippen LogP contribution < -0.4 is 10.9 Å². The van der Waals surface area contributed by atoms with Gasteiger partial charge in [-0.3, -0.25) is 0 Å². The molecule has 0 N–H and O–H groups in total. The zero-order chi connectivity index (χ0) is 19.8. The van der Waals surface area contributed by atoms with Gasteiger partial charge in [0.25, 0.3) is 0 Å². The first-order valence-corrected chi connectivity index (χ1v) is 10.4. The van der Waals surface area contributed by atoms with E-state index in [1.165, 1.54) is 4.70 Å². The van der Waals surface area contributed by atoms with Gasteiger partial charge in [0.05, 0.1) is 22.4 Å². The lowest BCUT2D eigenvalue weighted by atomic mass is 9.72. The van der Waals surface area contributed by atoms with E-state index in [-0.39, 0.29) is 36.6 Å². The van der Waals surface area contributed by atoms with Gasteiger partial charge in [-0.1, -0.05) is 12.1 Å². The molecule has 0 bridgehead atoms. The molecule has 1 aromatic heterocycles. The maximum atomic E-state index is 6.28. The molecule has 2 aliphatic heterocycles. The van der Waals surface area contributed by atoms with Gasteiger partial charge in [-0.25, -0.2) is 0 Å². The summed E-state index contributed by atoms with van der Waals surface area (Å²) in [5.74, 6) is 0. The van der Waals surface area contributed by atoms with Crippen LogP contribution in [0, 0.1) is 0 Å². The van der Waals surface area contributed by atoms with E-state index in [2.05, 4.69) is 79.0 Å². The Morgan fingerprint density at radius 2 is 1.04 bits per heavy atom. The van der Waals surface area contributed by atoms with E-state index in [1.807, 2.05) is 0 Å². The van der Waals surface area contributed by atoms with E-state index >= 15 is 0 Å². The van der Waals surface area contributed by atoms with E-state index in [9.17, 15) is 0 Å². The highest BCUT2D eigenvalue weighted by atomic mass is 32.1. The van der Waals surface area contributed by atoms with Crippen molar-refractivity contribution < 1.29 is 18.6 Å². The van der Waals surface area contributed by atoms with Crippen molar-refractivity contribution in [1.82, 2.24) is 0 Å². The minimum atomic E-state index is -0.376. The molecule has 1 aromatic carbocycles. The van der Waals surface area contributed by atoms with Gasteiger partial charge in [-0.05, 0) is 77.7 Å². The third kappa shape index (κ3) is 2.90. The monoisotopic (exact) mass is 386 g/mol. The number of hydrogen-bond donors (Lipinski definition) is 0. The van der Waals surface area contributed by atoms with Gasteiger partial charge < -0.3 is 18.6 Å². The van der Waals surface area contributed by atoms with E-state index in [0.29, 0.717) is 0 Å². The van der Waals surface area contributed by atoms with Crippen LogP contribution in [0.4, 0.5) is 0 Å². The highest BCUT2D eigenvalue weighted by Gasteiger charge is 2.54. The summed E-state index contributed by atoms with van der Waals surface area (Å²) in [6.07, 6.45) is 0. The minimum Gasteiger partial charge on any atom is -0.399 e. The molecule has 0 aliphatic carbocycles. The molecule has 0 atom stereocenters. The molecule has 0 radical (unpaired) electrons. The molecule has 2 fully saturated rings. The molecule has 0 spiro atoms. The third-order valence-corrected chi connectivity index (χ3v) is 7.66. The molecule has 2 aliphatic rings. The zero-order valence-electron chi connectivity index (χ0n) is 17.5. The van der Waals surface area contributed by atoms with Gasteiger partial charge in [0.1, 0.15) is 0 Å². The van der Waals surface area contributed by atoms with Crippen LogP contribution in [0.3, 0.4) is 0 Å². The first-order chi connectivity index (χ1) is 12.3. The summed E-state index contributed by atoms with van der Waals surface area (Å²) in [6.45, 7) is 16.6. The maximum absolute atomic E-state index is 6.28. The average Bonchev–Trinajstić information content (AvgIpc) is 3.13. The molecule has 3 heterocycles. The van der Waals surface area contributed by atoms with Crippen LogP contribution in [0.25, 0.3) is 10.1 Å². The van der Waals surface area contributed by atoms with Crippen LogP contribution in [-0.4, -0.2) is 36.6 Å². The normalized spacial score (nSPS) is 25.5. The highest BCUT2D eigenvalue weighted by Crippen LogP contribution is 2.39. The van der Waals surface area contributed by atoms with Crippen LogP contribution in [0.2, 0.25) is 0 Å². The average molecular weight is 386 g/mol. The Hall–Kier alpha value is -0.850. The molecule has 27 heavy (non-hydrogen) atoms. The second-order valence-electron chi connectivity index (χ2n) is 9.58. The molecule has 0 unspecified atom stereocenters. The molecule has 2 saturated heterocycles. The Morgan fingerprint density at radius 3 is 1.52 bits per heavy atom. The molecule has 2 aromatic rings. The summed E-state index contributed by atoms with van der Waals surface area (Å²) in [7, 11) is -0.747. The number of thiophene rings is 1. The number of benzene rings is 1. The van der Waals surface area contributed by atoms with Crippen LogP contribution >= 0.6 is 11.3 Å². The van der Waals surface area contributed by atoms with Crippen LogP contribution in [0.5, 0.6) is 0 Å². The third-order valence-electron chi connectivity index (χ3n) is 6.70. The molecule has 0 amide bonds. The van der Waals surface area contributed by atoms with Gasteiger partial charge in [0, 0.05) is 10.2 Å². The van der Waals surface area contributed by atoms with Crippen molar-refractivity contribution in [1.29, 1.82) is 0 Å². The van der Waals surface area contributed by atoms with Gasteiger partial charge in [0.2, 0.25) is 0 Å². The first-order valence-electron chi connectivity index (χ1n) is 9.56. The quantitative estimate of drug-likeness (QED) is 0.741. The lowest BCUT2D eigenvalue weighted by Crippen LogP contribution is -2.41. The lowest BCUT2D eigenvalue weighted by Gasteiger charge is -2.32. The predicted octanol–water partition coefficient (Wildman–Crippen LogP) is 3.50. The molecular formula is C20H28B2O4S. The summed E-state index contributed by atoms with van der Waals surface area (Å²) in [4.78, 5) is 0. The molecule has 4 nitrogen and oxygen atoms in total. The number of rotatable bonds is 2. The Kier molecular flexibility index (Phi) is 4.20. The van der Waals surface area contributed by atoms with Crippen molar-refractivity contribution in [2.75, 3.05) is 0 Å². The maximum Gasteiger partial charge on any atom is 0.496 e. The van der Waals surface area contributed by atoms with Crippen LogP contribution in [0.1, 0.15) is 55.4 Å². The summed E-state index contributed by atoms with van der Waals surface area (Å²) < 4.78 is 26.3. The van der Waals surface area contributed by atoms with Gasteiger partial charge >= 0.3 is 14.2 Å². The summed E-state index contributed by atoms with van der Waals surface area (Å²) in [5.41, 5.74) is 0.704. The van der Waals surface area contributed by atoms with E-state index in [1.54, 1.807) is 11.3 Å². The second-order valence-corrected chi connectivity index (χ2v) is 10.5. The van der Waals surface area contributed by atoms with E-state index in [0.717, 1.165) is 16.3 Å². The standard InChI is InChI=1S/C20H28B2O4S/c1-17(2)18(3,4)24-21(23-17)14-9-10-15(16-13(14)11-12-27-16)22-25-19(5,6)20(7,8)26-22/h9-12H,1-8H3. The van der Waals surface area contributed by atoms with Gasteiger partial charge in [-0.2, -0.15) is 0 Å². The van der Waals surface area contributed by atoms with Gasteiger partial charge in [-0.15, -0.1) is 11.3 Å². The Bertz CT molecular complexity index is 785. The van der Waals surface area contributed by atoms with Crippen molar-refractivity contribution >= 4 is 46.6 Å². The summed E-state index contributed by atoms with van der Waals surface area (Å²) >= 11 is 1.70. The smallest absolute Gasteiger partial charge is 0.399 e. The zero-order valence-corrected chi connectivity index (χ0v) is 18.3. The van der Waals surface area contributed by atoms with Gasteiger partial charge in [0.15, 0.2) is 0 Å². The summed E-state index contributed by atoms with van der Waals surface area (Å²) in [6, 6.07) is 6.33. The Labute approximate surface area is 166 Å². The van der Waals surface area contributed by atoms with Crippen LogP contribution in [0.15, 0.2) is 23.6 Å². The predicted molar refractivity (Wildman–Crippen MR) is 113 cm³/mol. The van der Waals surface area contributed by atoms with Crippen molar-refractivity contribution in [3.05, 3.63) is 23.6 Å². The summed E-state index contributed by atoms with van der Waals surface area (Å²) in [5, 5.41) is 3.25. The molecule has 7 heteroatoms. The van der Waals surface area contributed by atoms with Crippen molar-refractivity contribution in [2.24, 2.45) is 0 Å². The molecular weight excluding hydrogens is 358 g/mol. The number of hydrogen-bond acceptors (Lipinski definition) is 5. The fraction of sp³-hybridized carbons (Fsp3) is 0.600. The Morgan fingerprint density at radius 1 is 0.630 bits per heavy atom. The molecule has 144 valence electrons. The number of fused-ring (bicyclic) bond motifs is 1. The highest BCUT2D eigenvalue weighted by molar-refractivity contribution is 7.19. The van der Waals surface area contributed by atoms with Crippen LogP contribution in [-0.2, 0) is 18.6 Å². The first kappa shape index (κ1) is 19.5. The lowest BCUT2D eigenvalue weighted by molar-refractivity contribution is 0.00578. The topological polar surface area (TPSA) is 36.9 Å². The van der Waals surface area contributed by atoms with E-state index < -0.39 is 0 Å². The van der Waals surface area contributed by atoms with Crippen molar-refractivity contribution in [3.63, 3.8) is 0 Å². The largest absolute Gasteiger partial charge is 0.496 e.